The molecule has 0 saturated heterocycles. The molecule has 0 heterocycles. The molecule has 2 unspecified atom stereocenters. The maximum atomic E-state index is 9.26. The van der Waals surface area contributed by atoms with E-state index in [4.69, 9.17) is 9.11 Å². The first-order valence-corrected chi connectivity index (χ1v) is 3.60. The molecule has 0 fully saturated rings. The Balaban J connectivity index is -0.0000000417. The van der Waals surface area contributed by atoms with Crippen LogP contribution >= 0.6 is 0 Å². The van der Waals surface area contributed by atoms with Crippen molar-refractivity contribution in [1.29, 1.82) is 0 Å². The molecule has 0 amide bonds. The largest absolute Gasteiger partial charge is 0 e. The zero-order valence-electron chi connectivity index (χ0n) is 3.23. The van der Waals surface area contributed by atoms with Crippen molar-refractivity contribution in [2.24, 2.45) is 0 Å². The van der Waals surface area contributed by atoms with Crippen molar-refractivity contribution in [3.63, 3.8) is 0 Å². The molecule has 0 spiro atoms. The first-order valence-electron chi connectivity index (χ1n) is 0.865. The summed E-state index contributed by atoms with van der Waals surface area (Å²) in [5, 5.41) is 0. The molecule has 4 nitrogen and oxygen atoms in total. The quantitative estimate of drug-likeness (QED) is 0.319. The molecule has 0 aliphatic heterocycles. The van der Waals surface area contributed by atoms with E-state index < -0.39 is 20.2 Å². The first-order chi connectivity index (χ1) is 2.64. The van der Waals surface area contributed by atoms with Crippen molar-refractivity contribution in [2.45, 2.75) is 0 Å². The minimum absolute atomic E-state index is 0. The zero-order chi connectivity index (χ0) is 5.15. The van der Waals surface area contributed by atoms with E-state index in [0.29, 0.717) is 0 Å². The smallest absolute Gasteiger partial charge is 0 e. The van der Waals surface area contributed by atoms with E-state index in [1.54, 1.807) is 0 Å². The molecule has 44 valence electrons. The van der Waals surface area contributed by atoms with Crippen LogP contribution in [0.5, 0.6) is 0 Å². The summed E-state index contributed by atoms with van der Waals surface area (Å²) >= 11 is 0. The minimum atomic E-state index is -2.59. The number of rotatable bonds is 1. The fourth-order valence-corrected chi connectivity index (χ4v) is 0. The van der Waals surface area contributed by atoms with Crippen LogP contribution in [-0.2, 0) is 39.7 Å². The standard InChI is InChI=1S/2Na.H2O4S2.Zn.2H/c;;1-5(2)6(3)4;;;/h;;(H,1,2)(H,3,4);;;. The van der Waals surface area contributed by atoms with Gasteiger partial charge in [0.25, 0.3) is 20.2 Å². The second-order valence-electron chi connectivity index (χ2n) is 0.434. The predicted molar refractivity (Wildman–Crippen MR) is 35.8 cm³/mol. The van der Waals surface area contributed by atoms with Gasteiger partial charge in [-0.1, -0.05) is 0 Å². The molecule has 0 rings (SSSR count). The molecule has 0 bridgehead atoms. The van der Waals surface area contributed by atoms with Gasteiger partial charge in [0.05, 0.1) is 0 Å². The van der Waals surface area contributed by atoms with Crippen molar-refractivity contribution in [1.82, 2.24) is 0 Å². The molecule has 0 aromatic carbocycles. The fraction of sp³-hybridized carbons (Fsp3) is 0. The summed E-state index contributed by atoms with van der Waals surface area (Å²) < 4.78 is 33.6. The molecular formula is H4Na2O4S2Zn. The minimum Gasteiger partial charge on any atom is 0 e. The van der Waals surface area contributed by atoms with E-state index in [9.17, 15) is 8.42 Å². The molecule has 2 atom stereocenters. The van der Waals surface area contributed by atoms with Crippen LogP contribution in [0, 0.1) is 0 Å². The van der Waals surface area contributed by atoms with Crippen molar-refractivity contribution < 1.29 is 37.0 Å². The van der Waals surface area contributed by atoms with Crippen molar-refractivity contribution in [3.05, 3.63) is 0 Å². The maximum Gasteiger partial charge on any atom is 0 e. The Morgan fingerprint density at radius 2 is 1.00 bits per heavy atom. The van der Waals surface area contributed by atoms with E-state index in [1.165, 1.54) is 0 Å². The van der Waals surface area contributed by atoms with Gasteiger partial charge < -0.3 is 0 Å². The van der Waals surface area contributed by atoms with Crippen LogP contribution in [0.3, 0.4) is 0 Å². The van der Waals surface area contributed by atoms with Gasteiger partial charge in [-0.2, -0.15) is 0 Å². The maximum absolute atomic E-state index is 9.26. The summed E-state index contributed by atoms with van der Waals surface area (Å²) in [6.07, 6.45) is 0. The summed E-state index contributed by atoms with van der Waals surface area (Å²) in [6, 6.07) is 0. The van der Waals surface area contributed by atoms with Gasteiger partial charge in [-0.15, -0.1) is 0 Å². The first kappa shape index (κ1) is 22.6. The Hall–Kier alpha value is 2.84. The van der Waals surface area contributed by atoms with Crippen LogP contribution in [0.1, 0.15) is 0 Å². The van der Waals surface area contributed by atoms with Gasteiger partial charge in [-0.05, 0) is 0 Å². The van der Waals surface area contributed by atoms with Crippen molar-refractivity contribution in [2.75, 3.05) is 0 Å². The fourth-order valence-electron chi connectivity index (χ4n) is 0. The van der Waals surface area contributed by atoms with Crippen molar-refractivity contribution in [3.8, 4) is 0 Å². The zero-order valence-corrected chi connectivity index (χ0v) is 7.83. The Kier molecular flexibility index (Phi) is 33.8. The average Bonchev–Trinajstić information content (AvgIpc) is 1.36. The predicted octanol–water partition coefficient (Wildman–Crippen LogP) is -1.95. The molecule has 0 aromatic rings. The summed E-state index contributed by atoms with van der Waals surface area (Å²) in [4.78, 5) is 0. The van der Waals surface area contributed by atoms with Crippen molar-refractivity contribution >= 4 is 79.3 Å². The molecule has 0 radical (unpaired) electrons. The van der Waals surface area contributed by atoms with Gasteiger partial charge in [0.1, 0.15) is 0 Å². The Labute approximate surface area is 114 Å². The van der Waals surface area contributed by atoms with E-state index in [0.717, 1.165) is 0 Å². The van der Waals surface area contributed by atoms with E-state index in [1.807, 2.05) is 0 Å². The molecule has 9 heavy (non-hydrogen) atoms. The molecular weight excluding hydrogens is 240 g/mol. The van der Waals surface area contributed by atoms with Crippen LogP contribution in [0.25, 0.3) is 0 Å². The van der Waals surface area contributed by atoms with Gasteiger partial charge in [-0.25, -0.2) is 8.42 Å². The van der Waals surface area contributed by atoms with Gasteiger partial charge in [-0.3, -0.25) is 9.11 Å². The van der Waals surface area contributed by atoms with E-state index >= 15 is 0 Å². The topological polar surface area (TPSA) is 74.6 Å². The summed E-state index contributed by atoms with van der Waals surface area (Å²) in [5.41, 5.74) is 0. The van der Waals surface area contributed by atoms with Gasteiger partial charge in [0.2, 0.25) is 0 Å². The molecule has 9 heteroatoms. The summed E-state index contributed by atoms with van der Waals surface area (Å²) in [7, 11) is -5.18. The normalized spacial score (nSPS) is 13.1. The molecule has 0 aliphatic rings. The van der Waals surface area contributed by atoms with Crippen LogP contribution in [0.2, 0.25) is 0 Å². The Morgan fingerprint density at radius 3 is 1.00 bits per heavy atom. The molecule has 2 N–H and O–H groups in total. The van der Waals surface area contributed by atoms with Gasteiger partial charge in [0, 0.05) is 19.5 Å². The molecule has 0 saturated carbocycles. The monoisotopic (exact) mass is 242 g/mol. The van der Waals surface area contributed by atoms with Crippen LogP contribution in [-0.4, -0.2) is 76.6 Å². The summed E-state index contributed by atoms with van der Waals surface area (Å²) in [6.45, 7) is 0. The summed E-state index contributed by atoms with van der Waals surface area (Å²) in [5.74, 6) is 0. The van der Waals surface area contributed by atoms with Gasteiger partial charge >= 0.3 is 59.1 Å². The Morgan fingerprint density at radius 1 is 0.889 bits per heavy atom. The average molecular weight is 244 g/mol. The molecule has 0 aliphatic carbocycles. The Bertz CT molecular complexity index is 82.6. The van der Waals surface area contributed by atoms with Crippen LogP contribution < -0.4 is 0 Å². The van der Waals surface area contributed by atoms with Crippen LogP contribution in [0.15, 0.2) is 0 Å². The van der Waals surface area contributed by atoms with E-state index in [2.05, 4.69) is 0 Å². The SMILES string of the molecule is O=S(O)S(=O)O.[NaH].[NaH].[Zn]. The third kappa shape index (κ3) is 18.1. The molecule has 0 aromatic heterocycles. The second kappa shape index (κ2) is 13.4. The third-order valence-electron chi connectivity index (χ3n) is 0.122. The number of hydrogen-bond donors (Lipinski definition) is 2. The van der Waals surface area contributed by atoms with E-state index in [-0.39, 0.29) is 78.6 Å². The second-order valence-corrected chi connectivity index (χ2v) is 3.01. The van der Waals surface area contributed by atoms with Gasteiger partial charge in [0.15, 0.2) is 0 Å². The third-order valence-corrected chi connectivity index (χ3v) is 1.10. The number of hydrogen-bond acceptors (Lipinski definition) is 2. The van der Waals surface area contributed by atoms with Crippen LogP contribution in [0.4, 0.5) is 0 Å².